The van der Waals surface area contributed by atoms with Gasteiger partial charge in [-0.1, -0.05) is 37.3 Å². The number of anilines is 3. The average Bonchev–Trinajstić information content (AvgIpc) is 2.69. The second-order valence-electron chi connectivity index (χ2n) is 5.84. The first-order valence-electron chi connectivity index (χ1n) is 8.96. The van der Waals surface area contributed by atoms with Gasteiger partial charge in [-0.15, -0.1) is 0 Å². The zero-order valence-corrected chi connectivity index (χ0v) is 15.2. The van der Waals surface area contributed by atoms with Gasteiger partial charge in [0.2, 0.25) is 0 Å². The van der Waals surface area contributed by atoms with E-state index < -0.39 is 0 Å². The van der Waals surface area contributed by atoms with Gasteiger partial charge in [0.1, 0.15) is 17.4 Å². The lowest BCUT2D eigenvalue weighted by Crippen LogP contribution is -2.05. The summed E-state index contributed by atoms with van der Waals surface area (Å²) in [5, 5.41) is 6.70. The van der Waals surface area contributed by atoms with Gasteiger partial charge in [-0.3, -0.25) is 0 Å². The minimum atomic E-state index is 0.658. The number of rotatable bonds is 8. The van der Waals surface area contributed by atoms with Gasteiger partial charge in [-0.25, -0.2) is 9.97 Å². The Morgan fingerprint density at radius 2 is 1.62 bits per heavy atom. The minimum Gasteiger partial charge on any atom is -0.494 e. The summed E-state index contributed by atoms with van der Waals surface area (Å²) in [6.07, 6.45) is 1.03. The lowest BCUT2D eigenvalue weighted by atomic mass is 10.2. The van der Waals surface area contributed by atoms with E-state index in [1.54, 1.807) is 0 Å². The molecule has 2 aromatic carbocycles. The largest absolute Gasteiger partial charge is 0.494 e. The molecule has 26 heavy (non-hydrogen) atoms. The molecule has 0 spiro atoms. The number of hydrogen-bond donors (Lipinski definition) is 2. The molecule has 1 aromatic heterocycles. The van der Waals surface area contributed by atoms with Crippen LogP contribution in [0.1, 0.15) is 20.3 Å². The van der Waals surface area contributed by atoms with Crippen LogP contribution in [0.15, 0.2) is 60.7 Å². The van der Waals surface area contributed by atoms with Crippen LogP contribution >= 0.6 is 0 Å². The maximum absolute atomic E-state index is 5.49. The Labute approximate surface area is 154 Å². The number of benzene rings is 2. The first kappa shape index (κ1) is 17.7. The SMILES string of the molecule is CCCNc1cc(Nc2ccc(OCC)cc2)nc(-c2ccccc2)n1. The Bertz CT molecular complexity index is 819. The van der Waals surface area contributed by atoms with Crippen molar-refractivity contribution in [2.24, 2.45) is 0 Å². The second kappa shape index (κ2) is 8.85. The summed E-state index contributed by atoms with van der Waals surface area (Å²) in [6.45, 7) is 5.63. The van der Waals surface area contributed by atoms with Crippen LogP contribution in [0.3, 0.4) is 0 Å². The molecule has 0 aliphatic heterocycles. The molecule has 0 saturated heterocycles. The monoisotopic (exact) mass is 348 g/mol. The first-order chi connectivity index (χ1) is 12.8. The lowest BCUT2D eigenvalue weighted by molar-refractivity contribution is 0.340. The van der Waals surface area contributed by atoms with E-state index in [1.165, 1.54) is 0 Å². The molecule has 0 bridgehead atoms. The third-order valence-corrected chi connectivity index (χ3v) is 3.75. The van der Waals surface area contributed by atoms with Gasteiger partial charge in [-0.2, -0.15) is 0 Å². The quantitative estimate of drug-likeness (QED) is 0.592. The summed E-state index contributed by atoms with van der Waals surface area (Å²) in [6, 6.07) is 19.8. The number of nitrogens with one attached hydrogen (secondary N) is 2. The van der Waals surface area contributed by atoms with E-state index in [0.717, 1.165) is 41.6 Å². The predicted octanol–water partition coefficient (Wildman–Crippen LogP) is 5.11. The highest BCUT2D eigenvalue weighted by atomic mass is 16.5. The van der Waals surface area contributed by atoms with E-state index in [2.05, 4.69) is 27.5 Å². The van der Waals surface area contributed by atoms with Crippen LogP contribution in [0, 0.1) is 0 Å². The molecular formula is C21H24N4O. The molecule has 0 aliphatic carbocycles. The van der Waals surface area contributed by atoms with Crippen LogP contribution < -0.4 is 15.4 Å². The Morgan fingerprint density at radius 3 is 2.31 bits per heavy atom. The average molecular weight is 348 g/mol. The van der Waals surface area contributed by atoms with Crippen molar-refractivity contribution in [3.8, 4) is 17.1 Å². The zero-order chi connectivity index (χ0) is 18.2. The summed E-state index contributed by atoms with van der Waals surface area (Å²) in [5.41, 5.74) is 1.94. The minimum absolute atomic E-state index is 0.658. The van der Waals surface area contributed by atoms with Crippen LogP contribution in [0.4, 0.5) is 17.3 Å². The highest BCUT2D eigenvalue weighted by Crippen LogP contribution is 2.24. The third kappa shape index (κ3) is 4.72. The van der Waals surface area contributed by atoms with Crippen LogP contribution in [-0.4, -0.2) is 23.1 Å². The number of aromatic nitrogens is 2. The fourth-order valence-electron chi connectivity index (χ4n) is 2.52. The summed E-state index contributed by atoms with van der Waals surface area (Å²) >= 11 is 0. The number of ether oxygens (including phenoxy) is 1. The molecule has 2 N–H and O–H groups in total. The van der Waals surface area contributed by atoms with Gasteiger partial charge in [0.05, 0.1) is 6.61 Å². The van der Waals surface area contributed by atoms with Crippen LogP contribution in [0.25, 0.3) is 11.4 Å². The fourth-order valence-corrected chi connectivity index (χ4v) is 2.52. The van der Waals surface area contributed by atoms with Crippen LogP contribution in [-0.2, 0) is 0 Å². The van der Waals surface area contributed by atoms with Crippen molar-refractivity contribution in [2.45, 2.75) is 20.3 Å². The van der Waals surface area contributed by atoms with Crippen molar-refractivity contribution in [2.75, 3.05) is 23.8 Å². The molecule has 1 heterocycles. The van der Waals surface area contributed by atoms with E-state index in [-0.39, 0.29) is 0 Å². The molecule has 0 aliphatic rings. The summed E-state index contributed by atoms with van der Waals surface area (Å²) in [7, 11) is 0. The Morgan fingerprint density at radius 1 is 0.885 bits per heavy atom. The molecule has 0 saturated carbocycles. The van der Waals surface area contributed by atoms with Gasteiger partial charge in [0.25, 0.3) is 0 Å². The predicted molar refractivity (Wildman–Crippen MR) is 107 cm³/mol. The van der Waals surface area contributed by atoms with E-state index in [1.807, 2.05) is 67.6 Å². The molecule has 0 amide bonds. The van der Waals surface area contributed by atoms with Crippen LogP contribution in [0.2, 0.25) is 0 Å². The highest BCUT2D eigenvalue weighted by molar-refractivity contribution is 5.65. The standard InChI is InChI=1S/C21H24N4O/c1-3-14-22-19-15-20(23-17-10-12-18(13-11-17)26-4-2)25-21(24-19)16-8-6-5-7-9-16/h5-13,15H,3-4,14H2,1-2H3,(H2,22,23,24,25). The van der Waals surface area contributed by atoms with Gasteiger partial charge in [-0.05, 0) is 37.6 Å². The molecule has 5 heteroatoms. The summed E-state index contributed by atoms with van der Waals surface area (Å²) in [4.78, 5) is 9.31. The molecular weight excluding hydrogens is 324 g/mol. The van der Waals surface area contributed by atoms with Gasteiger partial charge in [0.15, 0.2) is 5.82 Å². The topological polar surface area (TPSA) is 59.1 Å². The number of nitrogens with zero attached hydrogens (tertiary/aromatic N) is 2. The van der Waals surface area contributed by atoms with Gasteiger partial charge >= 0.3 is 0 Å². The van der Waals surface area contributed by atoms with Crippen molar-refractivity contribution in [1.29, 1.82) is 0 Å². The maximum atomic E-state index is 5.49. The normalized spacial score (nSPS) is 10.4. The maximum Gasteiger partial charge on any atom is 0.163 e. The third-order valence-electron chi connectivity index (χ3n) is 3.75. The molecule has 0 fully saturated rings. The molecule has 0 atom stereocenters. The van der Waals surface area contributed by atoms with Gasteiger partial charge < -0.3 is 15.4 Å². The van der Waals surface area contributed by atoms with Gasteiger partial charge in [0, 0.05) is 23.9 Å². The molecule has 3 aromatic rings. The Hall–Kier alpha value is -3.08. The van der Waals surface area contributed by atoms with Crippen molar-refractivity contribution < 1.29 is 4.74 Å². The summed E-state index contributed by atoms with van der Waals surface area (Å²) < 4.78 is 5.49. The fraction of sp³-hybridized carbons (Fsp3) is 0.238. The van der Waals surface area contributed by atoms with Crippen molar-refractivity contribution in [3.05, 3.63) is 60.7 Å². The van der Waals surface area contributed by atoms with Crippen molar-refractivity contribution in [3.63, 3.8) is 0 Å². The second-order valence-corrected chi connectivity index (χ2v) is 5.84. The smallest absolute Gasteiger partial charge is 0.163 e. The summed E-state index contributed by atoms with van der Waals surface area (Å²) in [5.74, 6) is 3.12. The molecule has 3 rings (SSSR count). The molecule has 0 unspecified atom stereocenters. The van der Waals surface area contributed by atoms with E-state index >= 15 is 0 Å². The van der Waals surface area contributed by atoms with Crippen molar-refractivity contribution >= 4 is 17.3 Å². The van der Waals surface area contributed by atoms with E-state index in [0.29, 0.717) is 12.4 Å². The Kier molecular flexibility index (Phi) is 6.04. The highest BCUT2D eigenvalue weighted by Gasteiger charge is 2.07. The Balaban J connectivity index is 1.87. The molecule has 0 radical (unpaired) electrons. The molecule has 134 valence electrons. The van der Waals surface area contributed by atoms with E-state index in [9.17, 15) is 0 Å². The molecule has 5 nitrogen and oxygen atoms in total. The van der Waals surface area contributed by atoms with Crippen LogP contribution in [0.5, 0.6) is 5.75 Å². The van der Waals surface area contributed by atoms with Crippen molar-refractivity contribution in [1.82, 2.24) is 9.97 Å². The number of hydrogen-bond acceptors (Lipinski definition) is 5. The van der Waals surface area contributed by atoms with E-state index in [4.69, 9.17) is 4.74 Å². The first-order valence-corrected chi connectivity index (χ1v) is 8.96. The zero-order valence-electron chi connectivity index (χ0n) is 15.2. The lowest BCUT2D eigenvalue weighted by Gasteiger charge is -2.12.